The molecule has 1 aromatic rings. The molecule has 0 bridgehead atoms. The lowest BCUT2D eigenvalue weighted by Gasteiger charge is -2.34. The van der Waals surface area contributed by atoms with Crippen molar-refractivity contribution in [2.45, 2.75) is 16.1 Å². The van der Waals surface area contributed by atoms with Gasteiger partial charge in [0, 0.05) is 6.42 Å². The number of halogens is 1. The first-order chi connectivity index (χ1) is 8.09. The lowest BCUT2D eigenvalue weighted by molar-refractivity contribution is -0.177. The standard InChI is InChI=1S/C12H13IO4/c13-12(6-9-4-2-1-3-5-9)8-16-10(7-17-12)11(14)15/h1-5,10H,6-8H2,(H,14,15). The summed E-state index contributed by atoms with van der Waals surface area (Å²) in [5, 5.41) is 8.79. The molecule has 1 aliphatic heterocycles. The number of rotatable bonds is 3. The average Bonchev–Trinajstić information content (AvgIpc) is 2.30. The lowest BCUT2D eigenvalue weighted by atomic mass is 10.1. The van der Waals surface area contributed by atoms with Crippen LogP contribution < -0.4 is 0 Å². The summed E-state index contributed by atoms with van der Waals surface area (Å²) in [5.74, 6) is -0.969. The smallest absolute Gasteiger partial charge is 0.335 e. The Morgan fingerprint density at radius 1 is 1.47 bits per heavy atom. The van der Waals surface area contributed by atoms with Gasteiger partial charge < -0.3 is 14.6 Å². The number of hydrogen-bond acceptors (Lipinski definition) is 3. The van der Waals surface area contributed by atoms with E-state index < -0.39 is 15.7 Å². The van der Waals surface area contributed by atoms with Crippen LogP contribution in [0.4, 0.5) is 0 Å². The number of carboxylic acid groups (broad SMARTS) is 1. The molecule has 1 aliphatic rings. The molecule has 1 N–H and O–H groups in total. The first-order valence-corrected chi connectivity index (χ1v) is 6.38. The zero-order valence-electron chi connectivity index (χ0n) is 9.14. The highest BCUT2D eigenvalue weighted by Crippen LogP contribution is 2.30. The zero-order chi connectivity index (χ0) is 12.3. The van der Waals surface area contributed by atoms with E-state index in [1.54, 1.807) is 0 Å². The van der Waals surface area contributed by atoms with E-state index in [0.717, 1.165) is 5.56 Å². The molecule has 2 unspecified atom stereocenters. The first kappa shape index (κ1) is 12.8. The minimum atomic E-state index is -0.969. The zero-order valence-corrected chi connectivity index (χ0v) is 11.3. The van der Waals surface area contributed by atoms with Crippen molar-refractivity contribution in [1.82, 2.24) is 0 Å². The molecule has 17 heavy (non-hydrogen) atoms. The highest BCUT2D eigenvalue weighted by Gasteiger charge is 2.37. The number of carbonyl (C=O) groups is 1. The quantitative estimate of drug-likeness (QED) is 0.669. The van der Waals surface area contributed by atoms with E-state index in [1.807, 2.05) is 30.3 Å². The van der Waals surface area contributed by atoms with Gasteiger partial charge in [-0.2, -0.15) is 0 Å². The first-order valence-electron chi connectivity index (χ1n) is 5.30. The largest absolute Gasteiger partial charge is 0.479 e. The van der Waals surface area contributed by atoms with Crippen LogP contribution in [0.25, 0.3) is 0 Å². The summed E-state index contributed by atoms with van der Waals surface area (Å²) >= 11 is 2.19. The number of benzene rings is 1. The van der Waals surface area contributed by atoms with Crippen LogP contribution in [0, 0.1) is 0 Å². The topological polar surface area (TPSA) is 55.8 Å². The predicted molar refractivity (Wildman–Crippen MR) is 70.2 cm³/mol. The van der Waals surface area contributed by atoms with Crippen LogP contribution in [0.3, 0.4) is 0 Å². The van der Waals surface area contributed by atoms with Gasteiger partial charge in [-0.25, -0.2) is 4.79 Å². The van der Waals surface area contributed by atoms with Crippen LogP contribution in [-0.4, -0.2) is 34.0 Å². The van der Waals surface area contributed by atoms with Gasteiger partial charge in [0.1, 0.15) is 3.61 Å². The fraction of sp³-hybridized carbons (Fsp3) is 0.417. The third kappa shape index (κ3) is 3.40. The number of carboxylic acids is 1. The van der Waals surface area contributed by atoms with Gasteiger partial charge in [0.15, 0.2) is 6.10 Å². The lowest BCUT2D eigenvalue weighted by Crippen LogP contribution is -2.46. The van der Waals surface area contributed by atoms with Crippen LogP contribution in [0.2, 0.25) is 0 Å². The van der Waals surface area contributed by atoms with Gasteiger partial charge in [-0.15, -0.1) is 0 Å². The molecule has 5 heteroatoms. The number of hydrogen-bond donors (Lipinski definition) is 1. The van der Waals surface area contributed by atoms with E-state index in [4.69, 9.17) is 14.6 Å². The van der Waals surface area contributed by atoms with E-state index in [-0.39, 0.29) is 6.61 Å². The van der Waals surface area contributed by atoms with Crippen LogP contribution in [0.1, 0.15) is 5.56 Å². The number of alkyl halides is 1. The molecule has 2 rings (SSSR count). The van der Waals surface area contributed by atoms with Gasteiger partial charge in [-0.05, 0) is 28.2 Å². The molecule has 1 fully saturated rings. The minimum Gasteiger partial charge on any atom is -0.479 e. The minimum absolute atomic E-state index is 0.102. The maximum Gasteiger partial charge on any atom is 0.335 e. The van der Waals surface area contributed by atoms with Crippen molar-refractivity contribution in [2.24, 2.45) is 0 Å². The summed E-state index contributed by atoms with van der Waals surface area (Å²) in [6.07, 6.45) is -0.130. The molecule has 1 aromatic carbocycles. The molecule has 2 atom stereocenters. The fourth-order valence-corrected chi connectivity index (χ4v) is 2.49. The summed E-state index contributed by atoms with van der Waals surface area (Å²) in [6.45, 7) is 0.393. The molecule has 92 valence electrons. The van der Waals surface area contributed by atoms with Crippen molar-refractivity contribution >= 4 is 28.6 Å². The van der Waals surface area contributed by atoms with Crippen molar-refractivity contribution in [3.05, 3.63) is 35.9 Å². The molecule has 0 aliphatic carbocycles. The molecule has 1 saturated heterocycles. The Bertz CT molecular complexity index is 385. The summed E-state index contributed by atoms with van der Waals surface area (Å²) in [6, 6.07) is 9.94. The molecule has 0 aromatic heterocycles. The number of ether oxygens (including phenoxy) is 2. The van der Waals surface area contributed by atoms with Crippen molar-refractivity contribution in [3.63, 3.8) is 0 Å². The van der Waals surface area contributed by atoms with Crippen molar-refractivity contribution in [3.8, 4) is 0 Å². The van der Waals surface area contributed by atoms with Crippen LogP contribution >= 0.6 is 22.6 Å². The van der Waals surface area contributed by atoms with Crippen molar-refractivity contribution in [1.29, 1.82) is 0 Å². The van der Waals surface area contributed by atoms with Gasteiger partial charge in [0.25, 0.3) is 0 Å². The molecule has 0 radical (unpaired) electrons. The maximum absolute atomic E-state index is 10.7. The molecule has 1 heterocycles. The van der Waals surface area contributed by atoms with Gasteiger partial charge in [-0.3, -0.25) is 0 Å². The molecule has 0 spiro atoms. The highest BCUT2D eigenvalue weighted by molar-refractivity contribution is 14.1. The summed E-state index contributed by atoms with van der Waals surface area (Å²) < 4.78 is 10.5. The Labute approximate surface area is 113 Å². The molecule has 4 nitrogen and oxygen atoms in total. The second-order valence-electron chi connectivity index (χ2n) is 3.99. The normalized spacial score (nSPS) is 28.9. The van der Waals surface area contributed by atoms with Crippen molar-refractivity contribution < 1.29 is 19.4 Å². The van der Waals surface area contributed by atoms with Gasteiger partial charge in [0.05, 0.1) is 13.2 Å². The van der Waals surface area contributed by atoms with Crippen LogP contribution in [0.15, 0.2) is 30.3 Å². The van der Waals surface area contributed by atoms with E-state index in [0.29, 0.717) is 13.0 Å². The molecular formula is C12H13IO4. The predicted octanol–water partition coefficient (Wildman–Crippen LogP) is 1.86. The third-order valence-corrected chi connectivity index (χ3v) is 3.58. The SMILES string of the molecule is O=C(O)C1COC(I)(Cc2ccccc2)CO1. The summed E-state index contributed by atoms with van der Waals surface area (Å²) in [5.41, 5.74) is 1.15. The van der Waals surface area contributed by atoms with Gasteiger partial charge >= 0.3 is 5.97 Å². The van der Waals surface area contributed by atoms with Crippen LogP contribution in [0.5, 0.6) is 0 Å². The fourth-order valence-electron chi connectivity index (χ4n) is 1.69. The molecular weight excluding hydrogens is 335 g/mol. The second-order valence-corrected chi connectivity index (χ2v) is 5.96. The Balaban J connectivity index is 1.96. The number of aliphatic carboxylic acids is 1. The summed E-state index contributed by atoms with van der Waals surface area (Å²) in [7, 11) is 0. The Hall–Kier alpha value is -0.660. The molecule has 0 saturated carbocycles. The third-order valence-electron chi connectivity index (χ3n) is 2.58. The van der Waals surface area contributed by atoms with Gasteiger partial charge in [0.2, 0.25) is 0 Å². The van der Waals surface area contributed by atoms with E-state index >= 15 is 0 Å². The second kappa shape index (κ2) is 5.32. The van der Waals surface area contributed by atoms with E-state index in [2.05, 4.69) is 22.6 Å². The highest BCUT2D eigenvalue weighted by atomic mass is 127. The molecule has 0 amide bonds. The average molecular weight is 348 g/mol. The van der Waals surface area contributed by atoms with Crippen molar-refractivity contribution in [2.75, 3.05) is 13.2 Å². The maximum atomic E-state index is 10.7. The van der Waals surface area contributed by atoms with E-state index in [1.165, 1.54) is 0 Å². The van der Waals surface area contributed by atoms with E-state index in [9.17, 15) is 4.79 Å². The monoisotopic (exact) mass is 348 g/mol. The van der Waals surface area contributed by atoms with Crippen LogP contribution in [-0.2, 0) is 20.7 Å². The summed E-state index contributed by atoms with van der Waals surface area (Å²) in [4.78, 5) is 10.7. The van der Waals surface area contributed by atoms with Gasteiger partial charge in [-0.1, -0.05) is 30.3 Å². The Morgan fingerprint density at radius 3 is 2.71 bits per heavy atom. The Morgan fingerprint density at radius 2 is 2.18 bits per heavy atom. The Kier molecular flexibility index (Phi) is 4.01.